The van der Waals surface area contributed by atoms with Crippen molar-refractivity contribution in [3.63, 3.8) is 0 Å². The molecule has 8 rings (SSSR count). The molecule has 2 aliphatic carbocycles. The van der Waals surface area contributed by atoms with Crippen LogP contribution in [0.25, 0.3) is 44.4 Å². The fraction of sp³-hybridized carbons (Fsp3) is 0.458. The van der Waals surface area contributed by atoms with E-state index in [1.807, 2.05) is 11.1 Å². The van der Waals surface area contributed by atoms with Crippen LogP contribution in [0.15, 0.2) is 73.1 Å². The van der Waals surface area contributed by atoms with E-state index >= 15 is 0 Å². The smallest absolute Gasteiger partial charge is 0.407 e. The van der Waals surface area contributed by atoms with Gasteiger partial charge in [-0.2, -0.15) is 0 Å². The van der Waals surface area contributed by atoms with Gasteiger partial charge in [-0.25, -0.2) is 19.6 Å². The highest BCUT2D eigenvalue weighted by molar-refractivity contribution is 5.91. The van der Waals surface area contributed by atoms with Crippen LogP contribution in [0, 0.1) is 11.3 Å². The monoisotopic (exact) mass is 874 g/mol. The first-order valence-electron chi connectivity index (χ1n) is 21.9. The minimum absolute atomic E-state index is 0.0180. The van der Waals surface area contributed by atoms with Crippen LogP contribution < -0.4 is 10.6 Å². The Bertz CT molecular complexity index is 2500. The Morgan fingerprint density at radius 1 is 0.766 bits per heavy atom. The number of alkyl carbamates (subject to hydrolysis) is 2. The van der Waals surface area contributed by atoms with E-state index in [1.54, 1.807) is 24.9 Å². The summed E-state index contributed by atoms with van der Waals surface area (Å²) in [6.07, 6.45) is 5.96. The Hall–Kier alpha value is -6.26. The topological polar surface area (TPSA) is 193 Å². The van der Waals surface area contributed by atoms with E-state index in [1.165, 1.54) is 28.4 Å². The first-order valence-corrected chi connectivity index (χ1v) is 21.9. The van der Waals surface area contributed by atoms with Crippen LogP contribution in [0.3, 0.4) is 0 Å². The SMILES string of the molecule is COC(=O)N[C@H](C(=O)N(Cc1ncc(-c2ccc3cc(-c4ccc(-c5cnc([C@@H]6[C@H]7CC[C@H](C7)N6C(=O)[C@@H](NC(=O)OC)C(C)OC)[nH]5)cc4)ccc3c2)[nH]1)CC1(C)CC1)C(C)OC. The number of aromatic amines is 2. The quantitative estimate of drug-likeness (QED) is 0.0804. The summed E-state index contributed by atoms with van der Waals surface area (Å²) in [6.45, 7) is 6.44. The molecular formula is C48H58N8O8. The molecule has 3 aliphatic rings. The summed E-state index contributed by atoms with van der Waals surface area (Å²) in [5.41, 5.74) is 5.79. The zero-order chi connectivity index (χ0) is 45.3. The number of carbonyl (C=O) groups excluding carboxylic acids is 4. The van der Waals surface area contributed by atoms with Gasteiger partial charge >= 0.3 is 12.2 Å². The third kappa shape index (κ3) is 9.20. The Morgan fingerprint density at radius 3 is 2.00 bits per heavy atom. The zero-order valence-electron chi connectivity index (χ0n) is 37.5. The Labute approximate surface area is 372 Å². The summed E-state index contributed by atoms with van der Waals surface area (Å²) in [7, 11) is 5.57. The average molecular weight is 875 g/mol. The van der Waals surface area contributed by atoms with Gasteiger partial charge in [-0.3, -0.25) is 9.59 Å². The molecule has 4 amide bonds. The lowest BCUT2D eigenvalue weighted by Gasteiger charge is -2.37. The maximum atomic E-state index is 14.0. The number of nitrogens with zero attached hydrogens (tertiary/aromatic N) is 4. The summed E-state index contributed by atoms with van der Waals surface area (Å²) < 4.78 is 20.6. The fourth-order valence-electron chi connectivity index (χ4n) is 9.30. The Balaban J connectivity index is 0.953. The normalized spacial score (nSPS) is 20.3. The maximum absolute atomic E-state index is 14.0. The van der Waals surface area contributed by atoms with E-state index in [-0.39, 0.29) is 41.8 Å². The molecule has 3 fully saturated rings. The highest BCUT2D eigenvalue weighted by Crippen LogP contribution is 2.50. The molecule has 2 saturated carbocycles. The molecule has 7 atom stereocenters. The highest BCUT2D eigenvalue weighted by Gasteiger charge is 2.52. The number of hydrogen-bond donors (Lipinski definition) is 4. The van der Waals surface area contributed by atoms with Crippen LogP contribution >= 0.6 is 0 Å². The van der Waals surface area contributed by atoms with Gasteiger partial charge in [0.05, 0.1) is 62.8 Å². The lowest BCUT2D eigenvalue weighted by atomic mass is 9.96. The molecule has 3 aromatic carbocycles. The third-order valence-corrected chi connectivity index (χ3v) is 13.5. The highest BCUT2D eigenvalue weighted by atomic mass is 16.5. The lowest BCUT2D eigenvalue weighted by Crippen LogP contribution is -2.56. The van der Waals surface area contributed by atoms with Crippen LogP contribution in [-0.2, 0) is 35.1 Å². The van der Waals surface area contributed by atoms with Gasteiger partial charge in [0, 0.05) is 32.4 Å². The zero-order valence-corrected chi connectivity index (χ0v) is 37.5. The predicted molar refractivity (Wildman–Crippen MR) is 240 cm³/mol. The maximum Gasteiger partial charge on any atom is 0.407 e. The number of benzene rings is 3. The number of amides is 4. The molecule has 0 spiro atoms. The van der Waals surface area contributed by atoms with Crippen LogP contribution in [0.5, 0.6) is 0 Å². The lowest BCUT2D eigenvalue weighted by molar-refractivity contribution is -0.141. The van der Waals surface area contributed by atoms with Gasteiger partial charge in [0.1, 0.15) is 23.7 Å². The molecule has 2 unspecified atom stereocenters. The van der Waals surface area contributed by atoms with Crippen molar-refractivity contribution >= 4 is 34.8 Å². The number of rotatable bonds is 16. The van der Waals surface area contributed by atoms with Gasteiger partial charge in [-0.05, 0) is 96.9 Å². The summed E-state index contributed by atoms with van der Waals surface area (Å²) in [4.78, 5) is 72.4. The first kappa shape index (κ1) is 44.4. The standard InChI is InChI=1S/C48H58N8O8/c1-27(61-4)40(53-46(59)63-6)44(57)55(26-48(3)18-19-48)25-39-49-23-38(51-39)34-15-14-32-20-31(12-13-33(32)21-34)29-8-10-30(11-9-29)37-24-50-43(52-37)42-35-16-17-36(22-35)56(42)45(58)41(28(2)62-5)54-47(60)64-7/h8-15,20-21,23-24,27-28,35-36,40-42H,16-19,22,25-26H2,1-7H3,(H,49,51)(H,50,52)(H,53,59)(H,54,60)/t27?,28?,35-,36+,40-,41-,42-/m0/s1. The van der Waals surface area contributed by atoms with Crippen molar-refractivity contribution in [2.45, 2.75) is 95.8 Å². The molecule has 5 aromatic rings. The number of aromatic nitrogens is 4. The summed E-state index contributed by atoms with van der Waals surface area (Å²) in [5, 5.41) is 7.50. The average Bonchev–Trinajstić information content (AvgIpc) is 3.87. The Kier molecular flexibility index (Phi) is 12.8. The van der Waals surface area contributed by atoms with E-state index < -0.39 is 36.5 Å². The molecule has 16 heteroatoms. The number of piperidine rings is 1. The molecule has 64 heavy (non-hydrogen) atoms. The van der Waals surface area contributed by atoms with Crippen molar-refractivity contribution in [3.8, 4) is 33.6 Å². The van der Waals surface area contributed by atoms with Crippen molar-refractivity contribution in [2.75, 3.05) is 35.0 Å². The number of imidazole rings is 2. The number of carbonyl (C=O) groups is 4. The van der Waals surface area contributed by atoms with Crippen molar-refractivity contribution in [1.29, 1.82) is 0 Å². The van der Waals surface area contributed by atoms with Gasteiger partial charge in [-0.1, -0.05) is 55.5 Å². The third-order valence-electron chi connectivity index (χ3n) is 13.5. The number of nitrogens with one attached hydrogen (secondary N) is 4. The van der Waals surface area contributed by atoms with E-state index in [0.717, 1.165) is 82.3 Å². The van der Waals surface area contributed by atoms with E-state index in [2.05, 4.69) is 93.2 Å². The molecular weight excluding hydrogens is 817 g/mol. The fourth-order valence-corrected chi connectivity index (χ4v) is 9.30. The van der Waals surface area contributed by atoms with Crippen LogP contribution in [-0.4, -0.2) is 119 Å². The number of ether oxygens (including phenoxy) is 4. The Morgan fingerprint density at radius 2 is 1.34 bits per heavy atom. The largest absolute Gasteiger partial charge is 0.453 e. The molecule has 1 saturated heterocycles. The minimum Gasteiger partial charge on any atom is -0.453 e. The summed E-state index contributed by atoms with van der Waals surface area (Å²) in [5.74, 6) is 1.18. The summed E-state index contributed by atoms with van der Waals surface area (Å²) >= 11 is 0. The predicted octanol–water partition coefficient (Wildman–Crippen LogP) is 6.99. The van der Waals surface area contributed by atoms with Crippen LogP contribution in [0.2, 0.25) is 0 Å². The van der Waals surface area contributed by atoms with E-state index in [0.29, 0.717) is 12.4 Å². The van der Waals surface area contributed by atoms with E-state index in [4.69, 9.17) is 23.9 Å². The van der Waals surface area contributed by atoms with Gasteiger partial charge in [0.2, 0.25) is 11.8 Å². The van der Waals surface area contributed by atoms with Gasteiger partial charge in [0.15, 0.2) is 0 Å². The molecule has 16 nitrogen and oxygen atoms in total. The number of methoxy groups -OCH3 is 4. The summed E-state index contributed by atoms with van der Waals surface area (Å²) in [6, 6.07) is 19.1. The molecule has 3 heterocycles. The number of likely N-dealkylation sites (tertiary alicyclic amines) is 1. The molecule has 1 aliphatic heterocycles. The second-order valence-electron chi connectivity index (χ2n) is 17.8. The number of fused-ring (bicyclic) bond motifs is 3. The first-order chi connectivity index (χ1) is 30.8. The van der Waals surface area contributed by atoms with Gasteiger partial charge in [0.25, 0.3) is 0 Å². The van der Waals surface area contributed by atoms with Crippen molar-refractivity contribution in [2.24, 2.45) is 11.3 Å². The van der Waals surface area contributed by atoms with Crippen LogP contribution in [0.1, 0.15) is 70.6 Å². The van der Waals surface area contributed by atoms with Crippen molar-refractivity contribution < 1.29 is 38.1 Å². The number of hydrogen-bond acceptors (Lipinski definition) is 10. The van der Waals surface area contributed by atoms with Crippen molar-refractivity contribution in [3.05, 3.63) is 84.7 Å². The molecule has 4 N–H and O–H groups in total. The second kappa shape index (κ2) is 18.5. The molecule has 0 radical (unpaired) electrons. The van der Waals surface area contributed by atoms with Gasteiger partial charge < -0.3 is 49.3 Å². The molecule has 2 aromatic heterocycles. The molecule has 338 valence electrons. The second-order valence-corrected chi connectivity index (χ2v) is 17.8. The van der Waals surface area contributed by atoms with E-state index in [9.17, 15) is 19.2 Å². The van der Waals surface area contributed by atoms with Crippen molar-refractivity contribution in [1.82, 2.24) is 40.4 Å². The van der Waals surface area contributed by atoms with Crippen LogP contribution in [0.4, 0.5) is 9.59 Å². The minimum atomic E-state index is -0.921. The number of H-pyrrole nitrogens is 2. The van der Waals surface area contributed by atoms with Gasteiger partial charge in [-0.15, -0.1) is 0 Å². The molecule has 2 bridgehead atoms.